The van der Waals surface area contributed by atoms with E-state index < -0.39 is 18.0 Å². The molecule has 5 heteroatoms. The number of carbonyl (C=O) groups excluding carboxylic acids is 1. The highest BCUT2D eigenvalue weighted by molar-refractivity contribution is 5.82. The minimum atomic E-state index is -4.20. The summed E-state index contributed by atoms with van der Waals surface area (Å²) in [6.07, 6.45) is 0.286. The van der Waals surface area contributed by atoms with Gasteiger partial charge in [-0.3, -0.25) is 4.79 Å². The summed E-state index contributed by atoms with van der Waals surface area (Å²) in [4.78, 5) is 13.1. The maximum absolute atomic E-state index is 12.2. The number of hydrogen-bond donors (Lipinski definition) is 0. The molecule has 1 saturated carbocycles. The van der Waals surface area contributed by atoms with Crippen molar-refractivity contribution >= 4 is 5.91 Å². The van der Waals surface area contributed by atoms with Crippen LogP contribution in [0.2, 0.25) is 0 Å². The second-order valence-corrected chi connectivity index (χ2v) is 4.03. The van der Waals surface area contributed by atoms with Crippen LogP contribution in [0.25, 0.3) is 0 Å². The van der Waals surface area contributed by atoms with Crippen LogP contribution in [0.4, 0.5) is 13.2 Å². The quantitative estimate of drug-likeness (QED) is 0.617. The number of nitrogens with zero attached hydrogens (tertiary/aromatic N) is 1. The van der Waals surface area contributed by atoms with Gasteiger partial charge in [0.1, 0.15) is 0 Å². The summed E-state index contributed by atoms with van der Waals surface area (Å²) < 4.78 is 36.7. The average Bonchev–Trinajstić information content (AvgIpc) is 2.97. The largest absolute Gasteiger partial charge is 0.392 e. The summed E-state index contributed by atoms with van der Waals surface area (Å²) in [6.45, 7) is 1.01. The van der Waals surface area contributed by atoms with Crippen molar-refractivity contribution in [2.24, 2.45) is 11.8 Å². The van der Waals surface area contributed by atoms with E-state index in [2.05, 4.69) is 0 Å². The maximum Gasteiger partial charge on any atom is 0.392 e. The fourth-order valence-corrected chi connectivity index (χ4v) is 1.91. The Kier molecular flexibility index (Phi) is 2.48. The minimum absolute atomic E-state index is 0.0253. The molecule has 0 saturated heterocycles. The van der Waals surface area contributed by atoms with Crippen molar-refractivity contribution < 1.29 is 18.0 Å². The van der Waals surface area contributed by atoms with Crippen LogP contribution in [-0.4, -0.2) is 30.1 Å². The molecule has 0 aromatic heterocycles. The lowest BCUT2D eigenvalue weighted by molar-refractivity contribution is -0.157. The lowest BCUT2D eigenvalue weighted by Gasteiger charge is -2.23. The Balaban J connectivity index is 1.91. The lowest BCUT2D eigenvalue weighted by Crippen LogP contribution is -2.36. The summed E-state index contributed by atoms with van der Waals surface area (Å²) in [5.41, 5.74) is 0. The molecule has 2 rings (SSSR count). The molecule has 0 spiro atoms. The van der Waals surface area contributed by atoms with Crippen molar-refractivity contribution in [1.82, 2.24) is 4.90 Å². The zero-order valence-corrected chi connectivity index (χ0v) is 8.13. The van der Waals surface area contributed by atoms with E-state index in [4.69, 9.17) is 0 Å². The normalized spacial score (nSPS) is 30.5. The van der Waals surface area contributed by atoms with Crippen molar-refractivity contribution in [2.45, 2.75) is 19.0 Å². The van der Waals surface area contributed by atoms with E-state index in [1.54, 1.807) is 0 Å². The van der Waals surface area contributed by atoms with Crippen LogP contribution in [0.15, 0.2) is 12.2 Å². The highest BCUT2D eigenvalue weighted by Gasteiger charge is 2.59. The molecule has 1 heterocycles. The molecule has 0 bridgehead atoms. The molecule has 15 heavy (non-hydrogen) atoms. The molecule has 84 valence electrons. The Labute approximate surface area is 85.7 Å². The molecule has 1 aliphatic carbocycles. The van der Waals surface area contributed by atoms with Gasteiger partial charge in [0.05, 0.1) is 11.8 Å². The third kappa shape index (κ3) is 2.16. The van der Waals surface area contributed by atoms with Crippen LogP contribution in [-0.2, 0) is 4.79 Å². The predicted molar refractivity (Wildman–Crippen MR) is 48.0 cm³/mol. The second kappa shape index (κ2) is 3.54. The zero-order valence-electron chi connectivity index (χ0n) is 8.13. The first kappa shape index (κ1) is 10.5. The number of halogens is 3. The fraction of sp³-hybridized carbons (Fsp3) is 0.700. The molecule has 2 nitrogen and oxygen atoms in total. The summed E-state index contributed by atoms with van der Waals surface area (Å²) in [5.74, 6) is -2.53. The van der Waals surface area contributed by atoms with Crippen molar-refractivity contribution in [2.75, 3.05) is 13.1 Å². The molecule has 1 aliphatic heterocycles. The monoisotopic (exact) mass is 219 g/mol. The molecular formula is C10H12F3NO. The van der Waals surface area contributed by atoms with Crippen molar-refractivity contribution in [3.8, 4) is 0 Å². The molecule has 1 fully saturated rings. The van der Waals surface area contributed by atoms with E-state index in [0.717, 1.165) is 6.42 Å². The van der Waals surface area contributed by atoms with E-state index >= 15 is 0 Å². The fourth-order valence-electron chi connectivity index (χ4n) is 1.91. The van der Waals surface area contributed by atoms with E-state index in [9.17, 15) is 18.0 Å². The molecule has 0 aromatic rings. The van der Waals surface area contributed by atoms with Gasteiger partial charge < -0.3 is 4.90 Å². The Morgan fingerprint density at radius 2 is 2.07 bits per heavy atom. The Morgan fingerprint density at radius 3 is 2.53 bits per heavy atom. The third-order valence-corrected chi connectivity index (χ3v) is 2.90. The molecule has 2 aliphatic rings. The summed E-state index contributed by atoms with van der Waals surface area (Å²) in [5, 5.41) is 0. The first-order chi connectivity index (χ1) is 7.00. The zero-order chi connectivity index (χ0) is 11.1. The molecule has 2 atom stereocenters. The highest BCUT2D eigenvalue weighted by atomic mass is 19.4. The Morgan fingerprint density at radius 1 is 1.33 bits per heavy atom. The van der Waals surface area contributed by atoms with E-state index in [-0.39, 0.29) is 12.3 Å². The van der Waals surface area contributed by atoms with Crippen LogP contribution < -0.4 is 0 Å². The van der Waals surface area contributed by atoms with Gasteiger partial charge in [-0.1, -0.05) is 12.2 Å². The molecule has 1 amide bonds. The maximum atomic E-state index is 12.2. The number of alkyl halides is 3. The van der Waals surface area contributed by atoms with Crippen LogP contribution in [0.5, 0.6) is 0 Å². The van der Waals surface area contributed by atoms with Gasteiger partial charge in [-0.25, -0.2) is 0 Å². The van der Waals surface area contributed by atoms with Crippen LogP contribution >= 0.6 is 0 Å². The number of carbonyl (C=O) groups is 1. The van der Waals surface area contributed by atoms with E-state index in [0.29, 0.717) is 13.1 Å². The Bertz CT molecular complexity index is 298. The smallest absolute Gasteiger partial charge is 0.338 e. The van der Waals surface area contributed by atoms with Crippen molar-refractivity contribution in [3.63, 3.8) is 0 Å². The Hall–Kier alpha value is -1.00. The number of hydrogen-bond acceptors (Lipinski definition) is 1. The first-order valence-corrected chi connectivity index (χ1v) is 5.00. The van der Waals surface area contributed by atoms with Gasteiger partial charge in [0, 0.05) is 13.1 Å². The predicted octanol–water partition coefficient (Wildman–Crippen LogP) is 1.97. The molecular weight excluding hydrogens is 207 g/mol. The van der Waals surface area contributed by atoms with Gasteiger partial charge in [0.15, 0.2) is 0 Å². The summed E-state index contributed by atoms with van der Waals surface area (Å²) in [6, 6.07) is 0. The van der Waals surface area contributed by atoms with Crippen LogP contribution in [0.1, 0.15) is 12.8 Å². The average molecular weight is 219 g/mol. The second-order valence-electron chi connectivity index (χ2n) is 4.03. The molecule has 0 aromatic carbocycles. The first-order valence-electron chi connectivity index (χ1n) is 5.00. The third-order valence-electron chi connectivity index (χ3n) is 2.90. The highest BCUT2D eigenvalue weighted by Crippen LogP contribution is 2.50. The van der Waals surface area contributed by atoms with Gasteiger partial charge >= 0.3 is 6.18 Å². The summed E-state index contributed by atoms with van der Waals surface area (Å²) >= 11 is 0. The molecule has 0 radical (unpaired) electrons. The lowest BCUT2D eigenvalue weighted by atomic mass is 10.2. The summed E-state index contributed by atoms with van der Waals surface area (Å²) in [7, 11) is 0. The standard InChI is InChI=1S/C10H12F3NO/c11-10(12,13)8-6-7(8)9(15)14-4-2-1-3-5-14/h1-2,7-8H,3-6H2. The van der Waals surface area contributed by atoms with Crippen LogP contribution in [0.3, 0.4) is 0 Å². The SMILES string of the molecule is O=C(C1CC1C(F)(F)F)N1CC=CCC1. The number of amides is 1. The molecule has 2 unspecified atom stereocenters. The van der Waals surface area contributed by atoms with Crippen molar-refractivity contribution in [1.29, 1.82) is 0 Å². The number of rotatable bonds is 1. The van der Waals surface area contributed by atoms with Gasteiger partial charge in [-0.05, 0) is 12.8 Å². The van der Waals surface area contributed by atoms with Gasteiger partial charge in [0.2, 0.25) is 5.91 Å². The minimum Gasteiger partial charge on any atom is -0.338 e. The van der Waals surface area contributed by atoms with E-state index in [1.807, 2.05) is 12.2 Å². The van der Waals surface area contributed by atoms with Gasteiger partial charge in [0.25, 0.3) is 0 Å². The van der Waals surface area contributed by atoms with Crippen LogP contribution in [0, 0.1) is 11.8 Å². The van der Waals surface area contributed by atoms with E-state index in [1.165, 1.54) is 4.90 Å². The molecule has 0 N–H and O–H groups in total. The van der Waals surface area contributed by atoms with Gasteiger partial charge in [-0.2, -0.15) is 13.2 Å². The van der Waals surface area contributed by atoms with Crippen molar-refractivity contribution in [3.05, 3.63) is 12.2 Å². The van der Waals surface area contributed by atoms with Gasteiger partial charge in [-0.15, -0.1) is 0 Å². The topological polar surface area (TPSA) is 20.3 Å².